The number of carbonyl (C=O) groups is 2. The van der Waals surface area contributed by atoms with Crippen LogP contribution in [0.4, 0.5) is 0 Å². The molecule has 126 valence electrons. The fourth-order valence-corrected chi connectivity index (χ4v) is 0.483. The van der Waals surface area contributed by atoms with Gasteiger partial charge in [0.2, 0.25) is 0 Å². The van der Waals surface area contributed by atoms with Crippen molar-refractivity contribution in [1.29, 1.82) is 0 Å². The number of esters is 2. The van der Waals surface area contributed by atoms with Crippen molar-refractivity contribution < 1.29 is 23.8 Å². The van der Waals surface area contributed by atoms with E-state index in [2.05, 4.69) is 14.2 Å². The smallest absolute Gasteiger partial charge is 0.331 e. The zero-order valence-electron chi connectivity index (χ0n) is 14.2. The van der Waals surface area contributed by atoms with Gasteiger partial charge in [-0.15, -0.1) is 0 Å². The van der Waals surface area contributed by atoms with Crippen molar-refractivity contribution in [3.05, 3.63) is 0 Å². The van der Waals surface area contributed by atoms with Gasteiger partial charge in [-0.25, -0.2) is 4.79 Å². The molecule has 0 radical (unpaired) electrons. The van der Waals surface area contributed by atoms with Gasteiger partial charge in [0.25, 0.3) is 0 Å². The summed E-state index contributed by atoms with van der Waals surface area (Å²) in [7, 11) is 4.16. The molecule has 0 aromatic rings. The average molecular weight is 296 g/mol. The van der Waals surface area contributed by atoms with Crippen LogP contribution in [0.1, 0.15) is 55.9 Å². The summed E-state index contributed by atoms with van der Waals surface area (Å²) in [6, 6.07) is 0. The molecule has 0 spiro atoms. The first-order valence-corrected chi connectivity index (χ1v) is 6.43. The zero-order valence-corrected chi connectivity index (χ0v) is 14.2. The van der Waals surface area contributed by atoms with Gasteiger partial charge in [-0.1, -0.05) is 35.1 Å². The number of hydrogen-bond donors (Lipinski definition) is 0. The lowest BCUT2D eigenvalue weighted by Gasteiger charge is -2.13. The number of methoxy groups -OCH3 is 3. The lowest BCUT2D eigenvalue weighted by Crippen LogP contribution is -2.21. The highest BCUT2D eigenvalue weighted by molar-refractivity contribution is 5.75. The number of carbonyl (C=O) groups excluding carboxylic acids is 2. The van der Waals surface area contributed by atoms with E-state index >= 15 is 0 Å². The maximum atomic E-state index is 10.6. The van der Waals surface area contributed by atoms with Crippen LogP contribution in [-0.4, -0.2) is 39.9 Å². The summed E-state index contributed by atoms with van der Waals surface area (Å²) >= 11 is 0. The van der Waals surface area contributed by atoms with Gasteiger partial charge >= 0.3 is 11.9 Å². The first-order chi connectivity index (χ1) is 8.79. The van der Waals surface area contributed by atoms with Gasteiger partial charge in [0, 0.05) is 7.11 Å². The van der Waals surface area contributed by atoms with E-state index in [1.54, 1.807) is 0 Å². The van der Waals surface area contributed by atoms with Crippen LogP contribution in [-0.2, 0) is 23.8 Å². The highest BCUT2D eigenvalue weighted by Crippen LogP contribution is 2.13. The lowest BCUT2D eigenvalue weighted by molar-refractivity contribution is -0.149. The maximum absolute atomic E-state index is 10.6. The summed E-state index contributed by atoms with van der Waals surface area (Å²) in [5.74, 6) is -0.514. The van der Waals surface area contributed by atoms with E-state index in [4.69, 9.17) is 0 Å². The molecule has 0 saturated carbocycles. The quantitative estimate of drug-likeness (QED) is 0.727. The van der Waals surface area contributed by atoms with E-state index in [1.807, 2.05) is 48.5 Å². The van der Waals surface area contributed by atoms with Crippen molar-refractivity contribution in [2.75, 3.05) is 27.9 Å². The summed E-state index contributed by atoms with van der Waals surface area (Å²) in [5, 5.41) is 0. The second-order valence-electron chi connectivity index (χ2n) is 3.75. The summed E-state index contributed by atoms with van der Waals surface area (Å²) in [6.45, 7) is 13.5. The SMILES string of the molecule is C.CC.CC.COC(=O)C(C)(C)C.COCC(=O)OC. The van der Waals surface area contributed by atoms with Crippen molar-refractivity contribution in [1.82, 2.24) is 0 Å². The molecular weight excluding hydrogens is 260 g/mol. The molecule has 0 heterocycles. The van der Waals surface area contributed by atoms with Crippen molar-refractivity contribution in [3.8, 4) is 0 Å². The number of hydrogen-bond acceptors (Lipinski definition) is 5. The van der Waals surface area contributed by atoms with Crippen molar-refractivity contribution in [2.45, 2.75) is 55.9 Å². The van der Waals surface area contributed by atoms with Crippen molar-refractivity contribution in [2.24, 2.45) is 5.41 Å². The van der Waals surface area contributed by atoms with Crippen LogP contribution < -0.4 is 0 Å². The lowest BCUT2D eigenvalue weighted by atomic mass is 9.98. The number of rotatable bonds is 2. The molecular formula is C15H36O5. The molecule has 0 bridgehead atoms. The summed E-state index contributed by atoms with van der Waals surface area (Å²) in [6.07, 6.45) is 0. The molecule has 5 heteroatoms. The van der Waals surface area contributed by atoms with Gasteiger partial charge in [0.05, 0.1) is 19.6 Å². The highest BCUT2D eigenvalue weighted by Gasteiger charge is 2.21. The molecule has 0 N–H and O–H groups in total. The van der Waals surface area contributed by atoms with Gasteiger partial charge in [0.1, 0.15) is 6.61 Å². The van der Waals surface area contributed by atoms with E-state index < -0.39 is 0 Å². The van der Waals surface area contributed by atoms with E-state index in [0.717, 1.165) is 0 Å². The molecule has 0 saturated heterocycles. The van der Waals surface area contributed by atoms with E-state index in [0.29, 0.717) is 0 Å². The Morgan fingerprint density at radius 1 is 0.850 bits per heavy atom. The Morgan fingerprint density at radius 3 is 1.25 bits per heavy atom. The molecule has 0 rings (SSSR count). The van der Waals surface area contributed by atoms with Gasteiger partial charge in [0.15, 0.2) is 0 Å². The second kappa shape index (κ2) is 23.0. The summed E-state index contributed by atoms with van der Waals surface area (Å²) in [4.78, 5) is 20.7. The molecule has 0 aromatic carbocycles. The normalized spacial score (nSPS) is 7.90. The Balaban J connectivity index is -0.0000000578. The molecule has 0 aromatic heterocycles. The van der Waals surface area contributed by atoms with Crippen LogP contribution in [0.2, 0.25) is 0 Å². The Kier molecular flexibility index (Phi) is 36.1. The van der Waals surface area contributed by atoms with E-state index in [1.165, 1.54) is 21.3 Å². The third kappa shape index (κ3) is 30.2. The molecule has 5 nitrogen and oxygen atoms in total. The van der Waals surface area contributed by atoms with Crippen LogP contribution in [0, 0.1) is 5.41 Å². The zero-order chi connectivity index (χ0) is 16.5. The molecule has 0 aliphatic carbocycles. The van der Waals surface area contributed by atoms with Crippen LogP contribution >= 0.6 is 0 Å². The monoisotopic (exact) mass is 296 g/mol. The minimum absolute atomic E-state index is 0. The Bertz CT molecular complexity index is 195. The Labute approximate surface area is 126 Å². The fourth-order valence-electron chi connectivity index (χ4n) is 0.483. The van der Waals surface area contributed by atoms with Crippen molar-refractivity contribution >= 4 is 11.9 Å². The van der Waals surface area contributed by atoms with Crippen LogP contribution in [0.3, 0.4) is 0 Å². The minimum Gasteiger partial charge on any atom is -0.469 e. The van der Waals surface area contributed by atoms with Gasteiger partial charge in [-0.2, -0.15) is 0 Å². The van der Waals surface area contributed by atoms with Gasteiger partial charge < -0.3 is 14.2 Å². The van der Waals surface area contributed by atoms with E-state index in [9.17, 15) is 9.59 Å². The molecule has 20 heavy (non-hydrogen) atoms. The molecule has 0 unspecified atom stereocenters. The molecule has 0 amide bonds. The number of ether oxygens (including phenoxy) is 3. The maximum Gasteiger partial charge on any atom is 0.331 e. The van der Waals surface area contributed by atoms with Crippen molar-refractivity contribution in [3.63, 3.8) is 0 Å². The van der Waals surface area contributed by atoms with Gasteiger partial charge in [-0.3, -0.25) is 4.79 Å². The fraction of sp³-hybridized carbons (Fsp3) is 0.867. The summed E-state index contributed by atoms with van der Waals surface area (Å²) < 4.78 is 13.1. The van der Waals surface area contributed by atoms with Gasteiger partial charge in [-0.05, 0) is 20.8 Å². The van der Waals surface area contributed by atoms with Crippen LogP contribution in [0.5, 0.6) is 0 Å². The third-order valence-electron chi connectivity index (χ3n) is 1.29. The largest absolute Gasteiger partial charge is 0.469 e. The third-order valence-corrected chi connectivity index (χ3v) is 1.29. The minimum atomic E-state index is -0.352. The standard InChI is InChI=1S/C6H12O2.C4H8O3.2C2H6.CH4/c1-6(2,3)5(7)8-4;1-6-3-4(5)7-2;2*1-2;/h1-4H3;3H2,1-2H3;2*1-2H3;1H4. The van der Waals surface area contributed by atoms with E-state index in [-0.39, 0.29) is 31.4 Å². The molecule has 0 aliphatic heterocycles. The highest BCUT2D eigenvalue weighted by atomic mass is 16.6. The average Bonchev–Trinajstić information content (AvgIpc) is 2.42. The molecule has 0 fully saturated rings. The molecule has 0 atom stereocenters. The Morgan fingerprint density at radius 2 is 1.20 bits per heavy atom. The summed E-state index contributed by atoms with van der Waals surface area (Å²) in [5.41, 5.74) is -0.352. The van der Waals surface area contributed by atoms with Crippen LogP contribution in [0.15, 0.2) is 0 Å². The first kappa shape index (κ1) is 31.3. The first-order valence-electron chi connectivity index (χ1n) is 6.43. The second-order valence-corrected chi connectivity index (χ2v) is 3.75. The predicted octanol–water partition coefficient (Wildman–Crippen LogP) is 3.70. The topological polar surface area (TPSA) is 61.8 Å². The van der Waals surface area contributed by atoms with Crippen LogP contribution in [0.25, 0.3) is 0 Å². The Hall–Kier alpha value is -1.10. The predicted molar refractivity (Wildman–Crippen MR) is 84.8 cm³/mol. The molecule has 0 aliphatic rings.